The first-order valence-electron chi connectivity index (χ1n) is 4.44. The highest BCUT2D eigenvalue weighted by atomic mass is 16.5. The maximum Gasteiger partial charge on any atom is 0.169 e. The van der Waals surface area contributed by atoms with Gasteiger partial charge in [-0.2, -0.15) is 0 Å². The Balaban J connectivity index is 2.32. The van der Waals surface area contributed by atoms with Crippen LogP contribution in [0.5, 0.6) is 0 Å². The summed E-state index contributed by atoms with van der Waals surface area (Å²) in [6, 6.07) is 0. The van der Waals surface area contributed by atoms with Crippen molar-refractivity contribution in [3.63, 3.8) is 0 Å². The van der Waals surface area contributed by atoms with E-state index in [1.165, 1.54) is 0 Å². The molecule has 1 N–H and O–H groups in total. The average molecular weight is 170 g/mol. The number of aliphatic hydroxyl groups excluding tert-OH is 1. The second-order valence-corrected chi connectivity index (χ2v) is 4.10. The van der Waals surface area contributed by atoms with Crippen LogP contribution in [-0.2, 0) is 9.53 Å². The number of ketones is 1. The van der Waals surface area contributed by atoms with Crippen LogP contribution in [0, 0.1) is 5.92 Å². The fourth-order valence-corrected chi connectivity index (χ4v) is 2.18. The van der Waals surface area contributed by atoms with E-state index < -0.39 is 11.7 Å². The number of hydrogen-bond acceptors (Lipinski definition) is 3. The van der Waals surface area contributed by atoms with Gasteiger partial charge in [0.15, 0.2) is 5.78 Å². The number of fused-ring (bicyclic) bond motifs is 2. The van der Waals surface area contributed by atoms with E-state index >= 15 is 0 Å². The number of aliphatic hydroxyl groups is 1. The minimum Gasteiger partial charge on any atom is -0.382 e. The molecule has 0 aliphatic carbocycles. The van der Waals surface area contributed by atoms with E-state index in [2.05, 4.69) is 0 Å². The molecule has 12 heavy (non-hydrogen) atoms. The fraction of sp³-hybridized carbons (Fsp3) is 0.889. The molecule has 2 bridgehead atoms. The Labute approximate surface area is 71.7 Å². The van der Waals surface area contributed by atoms with Gasteiger partial charge in [-0.3, -0.25) is 4.79 Å². The monoisotopic (exact) mass is 170 g/mol. The summed E-state index contributed by atoms with van der Waals surface area (Å²) in [6.45, 7) is 3.66. The lowest BCUT2D eigenvalue weighted by molar-refractivity contribution is -0.176. The van der Waals surface area contributed by atoms with Gasteiger partial charge in [-0.15, -0.1) is 0 Å². The van der Waals surface area contributed by atoms with Crippen LogP contribution in [0.3, 0.4) is 0 Å². The summed E-state index contributed by atoms with van der Waals surface area (Å²) < 4.78 is 5.61. The van der Waals surface area contributed by atoms with E-state index in [1.807, 2.05) is 13.8 Å². The van der Waals surface area contributed by atoms with Gasteiger partial charge < -0.3 is 9.84 Å². The molecule has 0 aromatic rings. The highest BCUT2D eigenvalue weighted by Crippen LogP contribution is 2.41. The molecule has 2 rings (SSSR count). The molecule has 2 aliphatic rings. The van der Waals surface area contributed by atoms with E-state index in [1.54, 1.807) is 0 Å². The predicted molar refractivity (Wildman–Crippen MR) is 42.7 cm³/mol. The van der Waals surface area contributed by atoms with Gasteiger partial charge in [-0.05, 0) is 19.8 Å². The van der Waals surface area contributed by atoms with Crippen molar-refractivity contribution in [1.29, 1.82) is 0 Å². The number of hydrogen-bond donors (Lipinski definition) is 1. The highest BCUT2D eigenvalue weighted by molar-refractivity contribution is 5.87. The molecule has 2 aliphatic heterocycles. The number of rotatable bonds is 0. The summed E-state index contributed by atoms with van der Waals surface area (Å²) >= 11 is 0. The molecule has 68 valence electrons. The van der Waals surface area contributed by atoms with Gasteiger partial charge in [0, 0.05) is 5.92 Å². The largest absolute Gasteiger partial charge is 0.382 e. The lowest BCUT2D eigenvalue weighted by Gasteiger charge is -2.36. The lowest BCUT2D eigenvalue weighted by atomic mass is 9.88. The van der Waals surface area contributed by atoms with Crippen molar-refractivity contribution in [2.24, 2.45) is 5.92 Å². The number of Topliss-reactive ketones (excluding diaryl/α,β-unsaturated/α-hetero) is 1. The molecule has 0 aromatic heterocycles. The van der Waals surface area contributed by atoms with Crippen LogP contribution >= 0.6 is 0 Å². The zero-order chi connectivity index (χ0) is 8.93. The fourth-order valence-electron chi connectivity index (χ4n) is 2.18. The molecule has 0 amide bonds. The minimum atomic E-state index is -0.911. The molecule has 0 unspecified atom stereocenters. The maximum absolute atomic E-state index is 11.5. The van der Waals surface area contributed by atoms with Crippen LogP contribution in [-0.4, -0.2) is 28.7 Å². The van der Waals surface area contributed by atoms with Crippen molar-refractivity contribution in [2.75, 3.05) is 0 Å². The molecule has 2 saturated heterocycles. The zero-order valence-electron chi connectivity index (χ0n) is 7.41. The molecule has 2 heterocycles. The number of carbonyl (C=O) groups excluding carboxylic acids is 1. The Morgan fingerprint density at radius 3 is 3.00 bits per heavy atom. The molecule has 3 heteroatoms. The van der Waals surface area contributed by atoms with Crippen LogP contribution in [0.25, 0.3) is 0 Å². The van der Waals surface area contributed by atoms with Gasteiger partial charge >= 0.3 is 0 Å². The van der Waals surface area contributed by atoms with Crippen molar-refractivity contribution in [3.05, 3.63) is 0 Å². The Morgan fingerprint density at radius 2 is 2.33 bits per heavy atom. The summed E-state index contributed by atoms with van der Waals surface area (Å²) in [6.07, 6.45) is 0.840. The van der Waals surface area contributed by atoms with Crippen LogP contribution in [0.2, 0.25) is 0 Å². The third-order valence-electron chi connectivity index (χ3n) is 3.20. The van der Waals surface area contributed by atoms with Crippen molar-refractivity contribution in [3.8, 4) is 0 Å². The average Bonchev–Trinajstić information content (AvgIpc) is 2.41. The quantitative estimate of drug-likeness (QED) is 0.576. The van der Waals surface area contributed by atoms with Gasteiger partial charge in [-0.1, -0.05) is 6.92 Å². The molecule has 0 saturated carbocycles. The van der Waals surface area contributed by atoms with Crippen molar-refractivity contribution in [2.45, 2.75) is 44.5 Å². The topological polar surface area (TPSA) is 46.5 Å². The Bertz CT molecular complexity index is 226. The lowest BCUT2D eigenvalue weighted by Crippen LogP contribution is -2.52. The van der Waals surface area contributed by atoms with E-state index in [0.29, 0.717) is 0 Å². The molecular formula is C9H14O3. The summed E-state index contributed by atoms with van der Waals surface area (Å²) in [7, 11) is 0. The predicted octanol–water partition coefficient (Wildman–Crippen LogP) is 0.504. The Hall–Kier alpha value is -0.410. The summed E-state index contributed by atoms with van der Waals surface area (Å²) in [5.74, 6) is -0.179. The molecule has 4 atom stereocenters. The Morgan fingerprint density at radius 1 is 1.67 bits per heavy atom. The van der Waals surface area contributed by atoms with Crippen LogP contribution in [0.1, 0.15) is 26.7 Å². The van der Waals surface area contributed by atoms with Crippen molar-refractivity contribution >= 4 is 5.78 Å². The molecule has 2 fully saturated rings. The van der Waals surface area contributed by atoms with E-state index in [4.69, 9.17) is 4.74 Å². The van der Waals surface area contributed by atoms with E-state index in [0.717, 1.165) is 12.8 Å². The summed E-state index contributed by atoms with van der Waals surface area (Å²) in [5, 5.41) is 9.62. The molecule has 3 nitrogen and oxygen atoms in total. The SMILES string of the molecule is C[C@H]1C(=O)[C@@H](O)[C@]2(C)CC[C@H]1O2. The summed E-state index contributed by atoms with van der Waals surface area (Å²) in [4.78, 5) is 11.5. The third-order valence-corrected chi connectivity index (χ3v) is 3.20. The van der Waals surface area contributed by atoms with Gasteiger partial charge in [0.25, 0.3) is 0 Å². The number of carbonyl (C=O) groups is 1. The van der Waals surface area contributed by atoms with E-state index in [-0.39, 0.29) is 17.8 Å². The second kappa shape index (κ2) is 2.30. The van der Waals surface area contributed by atoms with Crippen molar-refractivity contribution in [1.82, 2.24) is 0 Å². The summed E-state index contributed by atoms with van der Waals surface area (Å²) in [5.41, 5.74) is -0.589. The zero-order valence-corrected chi connectivity index (χ0v) is 7.41. The van der Waals surface area contributed by atoms with Gasteiger partial charge in [0.1, 0.15) is 6.10 Å². The van der Waals surface area contributed by atoms with Gasteiger partial charge in [0.05, 0.1) is 11.7 Å². The first-order chi connectivity index (χ1) is 5.54. The van der Waals surface area contributed by atoms with Gasteiger partial charge in [0.2, 0.25) is 0 Å². The van der Waals surface area contributed by atoms with Gasteiger partial charge in [-0.25, -0.2) is 0 Å². The maximum atomic E-state index is 11.5. The second-order valence-electron chi connectivity index (χ2n) is 4.10. The molecule has 0 aromatic carbocycles. The van der Waals surface area contributed by atoms with E-state index in [9.17, 15) is 9.90 Å². The normalized spacial score (nSPS) is 52.9. The number of ether oxygens (including phenoxy) is 1. The smallest absolute Gasteiger partial charge is 0.169 e. The first-order valence-corrected chi connectivity index (χ1v) is 4.44. The highest BCUT2D eigenvalue weighted by Gasteiger charge is 2.53. The van der Waals surface area contributed by atoms with Crippen LogP contribution in [0.15, 0.2) is 0 Å². The van der Waals surface area contributed by atoms with Crippen LogP contribution < -0.4 is 0 Å². The Kier molecular flexibility index (Phi) is 1.57. The third kappa shape index (κ3) is 0.866. The first kappa shape index (κ1) is 8.20. The van der Waals surface area contributed by atoms with Crippen molar-refractivity contribution < 1.29 is 14.6 Å². The van der Waals surface area contributed by atoms with Crippen LogP contribution in [0.4, 0.5) is 0 Å². The minimum absolute atomic E-state index is 0.0471. The molecular weight excluding hydrogens is 156 g/mol. The standard InChI is InChI=1S/C9H14O3/c1-5-6-3-4-9(2,12-6)8(11)7(5)10/h5-6,8,11H,3-4H2,1-2H3/t5-,6-,8-,9+/m1/s1. The molecule has 0 radical (unpaired) electrons. The molecule has 0 spiro atoms.